The standard InChI is InChI=1S/C13H13F3O4/c14-13(15,16)12(20-7-9-6-19-9)8-1-2-10-11(5-8)18-4-3-17-10/h1-2,5,9,12H,3-4,6-7H2/t9-,12-/m0/s1. The average Bonchev–Trinajstić information content (AvgIpc) is 3.21. The number of hydrogen-bond acceptors (Lipinski definition) is 4. The minimum atomic E-state index is -4.49. The van der Waals surface area contributed by atoms with Crippen molar-refractivity contribution in [3.05, 3.63) is 23.8 Å². The molecule has 2 atom stereocenters. The first kappa shape index (κ1) is 13.5. The third kappa shape index (κ3) is 2.99. The Hall–Kier alpha value is -1.47. The van der Waals surface area contributed by atoms with Crippen LogP contribution in [0, 0.1) is 0 Å². The number of ether oxygens (including phenoxy) is 4. The van der Waals surface area contributed by atoms with E-state index in [-0.39, 0.29) is 18.3 Å². The first-order chi connectivity index (χ1) is 9.54. The van der Waals surface area contributed by atoms with Gasteiger partial charge in [-0.15, -0.1) is 0 Å². The van der Waals surface area contributed by atoms with E-state index in [0.29, 0.717) is 31.3 Å². The molecule has 4 nitrogen and oxygen atoms in total. The summed E-state index contributed by atoms with van der Waals surface area (Å²) in [6.07, 6.45) is -6.70. The van der Waals surface area contributed by atoms with Gasteiger partial charge in [-0.05, 0) is 17.7 Å². The van der Waals surface area contributed by atoms with Crippen LogP contribution in [0.3, 0.4) is 0 Å². The zero-order chi connectivity index (χ0) is 14.2. The van der Waals surface area contributed by atoms with Gasteiger partial charge in [0.05, 0.1) is 13.2 Å². The number of benzene rings is 1. The highest BCUT2D eigenvalue weighted by molar-refractivity contribution is 5.44. The molecule has 7 heteroatoms. The minimum absolute atomic E-state index is 0.00222. The van der Waals surface area contributed by atoms with Crippen molar-refractivity contribution in [3.8, 4) is 11.5 Å². The van der Waals surface area contributed by atoms with Gasteiger partial charge in [-0.25, -0.2) is 0 Å². The maximum absolute atomic E-state index is 13.1. The Kier molecular flexibility index (Phi) is 3.47. The lowest BCUT2D eigenvalue weighted by molar-refractivity contribution is -0.224. The van der Waals surface area contributed by atoms with E-state index in [0.717, 1.165) is 0 Å². The van der Waals surface area contributed by atoms with Gasteiger partial charge in [0.25, 0.3) is 0 Å². The van der Waals surface area contributed by atoms with Crippen LogP contribution in [0.4, 0.5) is 13.2 Å². The van der Waals surface area contributed by atoms with Gasteiger partial charge >= 0.3 is 6.18 Å². The van der Waals surface area contributed by atoms with Crippen LogP contribution < -0.4 is 9.47 Å². The highest BCUT2D eigenvalue weighted by Crippen LogP contribution is 2.40. The van der Waals surface area contributed by atoms with Gasteiger partial charge in [0.15, 0.2) is 17.6 Å². The summed E-state index contributed by atoms with van der Waals surface area (Å²) in [5.41, 5.74) is 0.00222. The molecule has 1 aromatic rings. The molecule has 1 saturated heterocycles. The Morgan fingerprint density at radius 2 is 1.90 bits per heavy atom. The van der Waals surface area contributed by atoms with E-state index in [2.05, 4.69) is 0 Å². The van der Waals surface area contributed by atoms with E-state index in [9.17, 15) is 13.2 Å². The Bertz CT molecular complexity index is 485. The van der Waals surface area contributed by atoms with Crippen molar-refractivity contribution in [2.45, 2.75) is 18.4 Å². The SMILES string of the molecule is FC(F)(F)[C@@H](OC[C@@H]1CO1)c1ccc2c(c1)OCCO2. The maximum atomic E-state index is 13.1. The van der Waals surface area contributed by atoms with Crippen molar-refractivity contribution < 1.29 is 32.1 Å². The van der Waals surface area contributed by atoms with E-state index in [1.807, 2.05) is 0 Å². The summed E-state index contributed by atoms with van der Waals surface area (Å²) >= 11 is 0. The fourth-order valence-electron chi connectivity index (χ4n) is 1.97. The van der Waals surface area contributed by atoms with Gasteiger partial charge < -0.3 is 18.9 Å². The van der Waals surface area contributed by atoms with Gasteiger partial charge in [0, 0.05) is 0 Å². The lowest BCUT2D eigenvalue weighted by Crippen LogP contribution is -2.25. The van der Waals surface area contributed by atoms with Gasteiger partial charge in [-0.2, -0.15) is 13.2 Å². The summed E-state index contributed by atoms with van der Waals surface area (Å²) in [7, 11) is 0. The lowest BCUT2D eigenvalue weighted by Gasteiger charge is -2.23. The smallest absolute Gasteiger partial charge is 0.418 e. The topological polar surface area (TPSA) is 40.2 Å². The van der Waals surface area contributed by atoms with Crippen LogP contribution in [0.2, 0.25) is 0 Å². The number of fused-ring (bicyclic) bond motifs is 1. The average molecular weight is 290 g/mol. The Morgan fingerprint density at radius 3 is 2.55 bits per heavy atom. The van der Waals surface area contributed by atoms with Crippen LogP contribution in [0.25, 0.3) is 0 Å². The number of halogens is 3. The van der Waals surface area contributed by atoms with E-state index in [1.165, 1.54) is 18.2 Å². The summed E-state index contributed by atoms with van der Waals surface area (Å²) in [6, 6.07) is 4.14. The van der Waals surface area contributed by atoms with E-state index < -0.39 is 12.3 Å². The van der Waals surface area contributed by atoms with Crippen molar-refractivity contribution in [3.63, 3.8) is 0 Å². The van der Waals surface area contributed by atoms with Crippen LogP contribution >= 0.6 is 0 Å². The van der Waals surface area contributed by atoms with Gasteiger partial charge in [-0.1, -0.05) is 6.07 Å². The van der Waals surface area contributed by atoms with Crippen molar-refractivity contribution in [1.29, 1.82) is 0 Å². The Morgan fingerprint density at radius 1 is 1.20 bits per heavy atom. The fourth-order valence-corrected chi connectivity index (χ4v) is 1.97. The van der Waals surface area contributed by atoms with Crippen molar-refractivity contribution in [1.82, 2.24) is 0 Å². The van der Waals surface area contributed by atoms with E-state index in [4.69, 9.17) is 18.9 Å². The third-order valence-corrected chi connectivity index (χ3v) is 3.02. The fraction of sp³-hybridized carbons (Fsp3) is 0.538. The number of alkyl halides is 3. The molecule has 0 radical (unpaired) electrons. The molecule has 0 bridgehead atoms. The predicted octanol–water partition coefficient (Wildman–Crippen LogP) is 2.48. The minimum Gasteiger partial charge on any atom is -0.486 e. The first-order valence-corrected chi connectivity index (χ1v) is 6.23. The van der Waals surface area contributed by atoms with E-state index >= 15 is 0 Å². The first-order valence-electron chi connectivity index (χ1n) is 6.23. The molecule has 0 unspecified atom stereocenters. The highest BCUT2D eigenvalue weighted by atomic mass is 19.4. The molecule has 0 N–H and O–H groups in total. The lowest BCUT2D eigenvalue weighted by atomic mass is 10.1. The second-order valence-electron chi connectivity index (χ2n) is 4.61. The third-order valence-electron chi connectivity index (χ3n) is 3.02. The van der Waals surface area contributed by atoms with Crippen molar-refractivity contribution >= 4 is 0 Å². The molecule has 0 aliphatic carbocycles. The number of rotatable bonds is 4. The maximum Gasteiger partial charge on any atom is 0.418 e. The molecule has 0 aromatic heterocycles. The summed E-state index contributed by atoms with van der Waals surface area (Å²) in [5.74, 6) is 0.765. The van der Waals surface area contributed by atoms with Gasteiger partial charge in [0.1, 0.15) is 19.3 Å². The molecule has 0 amide bonds. The second kappa shape index (κ2) is 5.14. The van der Waals surface area contributed by atoms with Crippen molar-refractivity contribution in [2.75, 3.05) is 26.4 Å². The molecular weight excluding hydrogens is 277 g/mol. The molecule has 3 rings (SSSR count). The monoisotopic (exact) mass is 290 g/mol. The second-order valence-corrected chi connectivity index (χ2v) is 4.61. The Labute approximate surface area is 113 Å². The van der Waals surface area contributed by atoms with Crippen LogP contribution in [-0.4, -0.2) is 38.7 Å². The molecule has 2 aliphatic heterocycles. The summed E-state index contributed by atoms with van der Waals surface area (Å²) in [5, 5.41) is 0. The van der Waals surface area contributed by atoms with E-state index in [1.54, 1.807) is 0 Å². The van der Waals surface area contributed by atoms with Crippen LogP contribution in [-0.2, 0) is 9.47 Å². The normalized spacial score (nSPS) is 22.4. The van der Waals surface area contributed by atoms with Gasteiger partial charge in [-0.3, -0.25) is 0 Å². The zero-order valence-corrected chi connectivity index (χ0v) is 10.5. The molecule has 0 saturated carbocycles. The molecule has 1 fully saturated rings. The molecule has 1 aromatic carbocycles. The zero-order valence-electron chi connectivity index (χ0n) is 10.5. The number of epoxide rings is 1. The number of hydrogen-bond donors (Lipinski definition) is 0. The summed E-state index contributed by atoms with van der Waals surface area (Å²) in [4.78, 5) is 0. The summed E-state index contributed by atoms with van der Waals surface area (Å²) < 4.78 is 59.6. The van der Waals surface area contributed by atoms with Crippen LogP contribution in [0.1, 0.15) is 11.7 Å². The van der Waals surface area contributed by atoms with Crippen LogP contribution in [0.15, 0.2) is 18.2 Å². The molecule has 110 valence electrons. The molecular formula is C13H13F3O4. The Balaban J connectivity index is 1.81. The highest BCUT2D eigenvalue weighted by Gasteiger charge is 2.43. The molecule has 20 heavy (non-hydrogen) atoms. The molecule has 2 aliphatic rings. The van der Waals surface area contributed by atoms with Crippen molar-refractivity contribution in [2.24, 2.45) is 0 Å². The summed E-state index contributed by atoms with van der Waals surface area (Å²) in [6.45, 7) is 1.10. The largest absolute Gasteiger partial charge is 0.486 e. The quantitative estimate of drug-likeness (QED) is 0.799. The molecule has 0 spiro atoms. The van der Waals surface area contributed by atoms with Crippen LogP contribution in [0.5, 0.6) is 11.5 Å². The predicted molar refractivity (Wildman–Crippen MR) is 61.9 cm³/mol. The van der Waals surface area contributed by atoms with Gasteiger partial charge in [0.2, 0.25) is 0 Å². The molecule has 2 heterocycles.